The van der Waals surface area contributed by atoms with Crippen LogP contribution in [0.3, 0.4) is 0 Å². The van der Waals surface area contributed by atoms with E-state index in [4.69, 9.17) is 13.9 Å². The van der Waals surface area contributed by atoms with Crippen molar-refractivity contribution in [3.63, 3.8) is 0 Å². The van der Waals surface area contributed by atoms with Gasteiger partial charge in [0.15, 0.2) is 0 Å². The first-order valence-electron chi connectivity index (χ1n) is 15.3. The third-order valence-corrected chi connectivity index (χ3v) is 13.7. The van der Waals surface area contributed by atoms with Crippen molar-refractivity contribution in [3.05, 3.63) is 45.3 Å². The second-order valence-electron chi connectivity index (χ2n) is 15.2. The molecule has 1 unspecified atom stereocenters. The van der Waals surface area contributed by atoms with E-state index in [0.717, 1.165) is 28.2 Å². The number of hydrogen-bond donors (Lipinski definition) is 2. The standard InChI is InChI=1S/C33H47N3O7SSi/c1-31(2,3)41-29(39)23-20-15-16-34-24(25(20)44-27(23)35-26(37)30(40)42-32(4,5)6)28(38)36-17-19-13-12-14-22(21(19)18-36)43-45(10,11)33(7,8)9/h12-14,24,34H,15-18H2,1-11H3,(H,35,37). The molecule has 2 aliphatic heterocycles. The average Bonchev–Trinajstić information content (AvgIpc) is 3.47. The van der Waals surface area contributed by atoms with Gasteiger partial charge < -0.3 is 29.4 Å². The molecule has 45 heavy (non-hydrogen) atoms. The number of carbonyl (C=O) groups excluding carboxylic acids is 4. The monoisotopic (exact) mass is 657 g/mol. The molecule has 246 valence electrons. The lowest BCUT2D eigenvalue weighted by Gasteiger charge is -2.37. The second kappa shape index (κ2) is 12.2. The Hall–Kier alpha value is -3.22. The van der Waals surface area contributed by atoms with Gasteiger partial charge in [0.05, 0.1) is 12.1 Å². The summed E-state index contributed by atoms with van der Waals surface area (Å²) in [6.07, 6.45) is 0.442. The Labute approximate surface area is 271 Å². The molecule has 10 nitrogen and oxygen atoms in total. The third kappa shape index (κ3) is 7.78. The van der Waals surface area contributed by atoms with Crippen molar-refractivity contribution in [1.29, 1.82) is 0 Å². The van der Waals surface area contributed by atoms with Gasteiger partial charge in [0.1, 0.15) is 28.0 Å². The van der Waals surface area contributed by atoms with E-state index >= 15 is 0 Å². The minimum absolute atomic E-state index is 0.0217. The predicted molar refractivity (Wildman–Crippen MR) is 177 cm³/mol. The summed E-state index contributed by atoms with van der Waals surface area (Å²) in [4.78, 5) is 55.4. The molecule has 0 fully saturated rings. The molecule has 0 bridgehead atoms. The number of hydrogen-bond acceptors (Lipinski definition) is 9. The van der Waals surface area contributed by atoms with Crippen LogP contribution in [0.4, 0.5) is 5.00 Å². The number of nitrogens with zero attached hydrogens (tertiary/aromatic N) is 1. The quantitative estimate of drug-likeness (QED) is 0.225. The van der Waals surface area contributed by atoms with E-state index in [2.05, 4.69) is 44.5 Å². The van der Waals surface area contributed by atoms with Crippen molar-refractivity contribution in [2.24, 2.45) is 0 Å². The molecule has 0 saturated carbocycles. The molecule has 4 rings (SSSR count). The van der Waals surface area contributed by atoms with E-state index in [1.54, 1.807) is 46.4 Å². The Morgan fingerprint density at radius 2 is 1.58 bits per heavy atom. The molecule has 0 spiro atoms. The van der Waals surface area contributed by atoms with Crippen LogP contribution in [-0.4, -0.2) is 54.7 Å². The highest BCUT2D eigenvalue weighted by molar-refractivity contribution is 7.17. The maximum absolute atomic E-state index is 14.2. The Morgan fingerprint density at radius 3 is 2.18 bits per heavy atom. The first-order valence-corrected chi connectivity index (χ1v) is 19.1. The summed E-state index contributed by atoms with van der Waals surface area (Å²) in [5, 5.41) is 6.08. The predicted octanol–water partition coefficient (Wildman–Crippen LogP) is 6.10. The van der Waals surface area contributed by atoms with Crippen molar-refractivity contribution in [1.82, 2.24) is 10.2 Å². The zero-order valence-electron chi connectivity index (χ0n) is 28.4. The number of esters is 2. The number of nitrogens with one attached hydrogen (secondary N) is 2. The van der Waals surface area contributed by atoms with Crippen molar-refractivity contribution >= 4 is 48.4 Å². The van der Waals surface area contributed by atoms with E-state index in [1.807, 2.05) is 18.2 Å². The van der Waals surface area contributed by atoms with Crippen LogP contribution in [0, 0.1) is 0 Å². The normalized spacial score (nSPS) is 16.9. The van der Waals surface area contributed by atoms with E-state index in [0.29, 0.717) is 36.5 Å². The van der Waals surface area contributed by atoms with E-state index in [1.165, 1.54) is 0 Å². The van der Waals surface area contributed by atoms with Crippen molar-refractivity contribution in [2.75, 3.05) is 11.9 Å². The molecule has 0 aliphatic carbocycles. The highest BCUT2D eigenvalue weighted by atomic mass is 32.1. The van der Waals surface area contributed by atoms with Crippen LogP contribution in [0.25, 0.3) is 0 Å². The average molecular weight is 658 g/mol. The maximum atomic E-state index is 14.2. The summed E-state index contributed by atoms with van der Waals surface area (Å²) in [6, 6.07) is 5.23. The molecule has 1 aromatic carbocycles. The Kier molecular flexibility index (Phi) is 9.38. The zero-order valence-corrected chi connectivity index (χ0v) is 30.2. The van der Waals surface area contributed by atoms with Crippen LogP contribution in [0.2, 0.25) is 18.1 Å². The highest BCUT2D eigenvalue weighted by Gasteiger charge is 2.42. The molecule has 2 N–H and O–H groups in total. The Bertz CT molecular complexity index is 1510. The minimum Gasteiger partial charge on any atom is -0.543 e. The van der Waals surface area contributed by atoms with Crippen molar-refractivity contribution in [3.8, 4) is 5.75 Å². The van der Waals surface area contributed by atoms with Gasteiger partial charge in [0, 0.05) is 23.5 Å². The van der Waals surface area contributed by atoms with Gasteiger partial charge in [0.2, 0.25) is 14.2 Å². The first kappa shape index (κ1) is 34.6. The number of benzene rings is 1. The SMILES string of the molecule is CC(C)(C)OC(=O)C(=O)Nc1sc2c(c1C(=O)OC(C)(C)C)CCNC2C(=O)N1Cc2cccc(O[Si](C)(C)C(C)(C)C)c2C1. The van der Waals surface area contributed by atoms with E-state index in [9.17, 15) is 19.2 Å². The zero-order chi connectivity index (χ0) is 33.7. The number of thiophene rings is 1. The van der Waals surface area contributed by atoms with Crippen LogP contribution in [0.15, 0.2) is 18.2 Å². The fourth-order valence-electron chi connectivity index (χ4n) is 4.96. The second-order valence-corrected chi connectivity index (χ2v) is 21.0. The molecule has 1 aromatic heterocycles. The fourth-order valence-corrected chi connectivity index (χ4v) is 7.31. The molecule has 0 saturated heterocycles. The third-order valence-electron chi connectivity index (χ3n) is 8.11. The van der Waals surface area contributed by atoms with Gasteiger partial charge in [-0.1, -0.05) is 32.9 Å². The lowest BCUT2D eigenvalue weighted by Crippen LogP contribution is -2.44. The van der Waals surface area contributed by atoms with Gasteiger partial charge in [0.25, 0.3) is 0 Å². The molecule has 12 heteroatoms. The smallest absolute Gasteiger partial charge is 0.397 e. The summed E-state index contributed by atoms with van der Waals surface area (Å²) >= 11 is 1.10. The molecule has 2 amide bonds. The van der Waals surface area contributed by atoms with E-state index in [-0.39, 0.29) is 21.5 Å². The van der Waals surface area contributed by atoms with Gasteiger partial charge >= 0.3 is 17.8 Å². The van der Waals surface area contributed by atoms with Gasteiger partial charge in [-0.25, -0.2) is 9.59 Å². The highest BCUT2D eigenvalue weighted by Crippen LogP contribution is 2.43. The largest absolute Gasteiger partial charge is 0.543 e. The summed E-state index contributed by atoms with van der Waals surface area (Å²) < 4.78 is 17.6. The number of rotatable bonds is 5. The van der Waals surface area contributed by atoms with Crippen LogP contribution in [0.1, 0.15) is 100 Å². The summed E-state index contributed by atoms with van der Waals surface area (Å²) in [6.45, 7) is 22.5. The van der Waals surface area contributed by atoms with Gasteiger partial charge in [-0.2, -0.15) is 0 Å². The molecule has 2 aromatic rings. The fraction of sp³-hybridized carbons (Fsp3) is 0.576. The van der Waals surface area contributed by atoms with E-state index < -0.39 is 43.4 Å². The summed E-state index contributed by atoms with van der Waals surface area (Å²) in [5.41, 5.74) is 1.17. The van der Waals surface area contributed by atoms with Crippen molar-refractivity contribution in [2.45, 2.75) is 117 Å². The minimum atomic E-state index is -2.11. The van der Waals surface area contributed by atoms with Crippen LogP contribution >= 0.6 is 11.3 Å². The van der Waals surface area contributed by atoms with Crippen LogP contribution in [0.5, 0.6) is 5.75 Å². The first-order chi connectivity index (χ1) is 20.6. The number of anilines is 1. The van der Waals surface area contributed by atoms with Gasteiger partial charge in [-0.15, -0.1) is 11.3 Å². The summed E-state index contributed by atoms with van der Waals surface area (Å²) in [5.74, 6) is -2.03. The molecule has 1 atom stereocenters. The van der Waals surface area contributed by atoms with Crippen molar-refractivity contribution < 1.29 is 33.1 Å². The molecule has 2 aliphatic rings. The lowest BCUT2D eigenvalue weighted by molar-refractivity contribution is -0.161. The number of amides is 2. The summed E-state index contributed by atoms with van der Waals surface area (Å²) in [7, 11) is -2.11. The van der Waals surface area contributed by atoms with Crippen LogP contribution < -0.4 is 15.1 Å². The number of fused-ring (bicyclic) bond motifs is 2. The molecule has 0 radical (unpaired) electrons. The van der Waals surface area contributed by atoms with Crippen LogP contribution in [-0.2, 0) is 43.4 Å². The lowest BCUT2D eigenvalue weighted by atomic mass is 9.98. The molecular formula is C33H47N3O7SSi. The molecule has 3 heterocycles. The van der Waals surface area contributed by atoms with Gasteiger partial charge in [-0.05, 0) is 83.3 Å². The number of ether oxygens (including phenoxy) is 2. The maximum Gasteiger partial charge on any atom is 0.397 e. The Balaban J connectivity index is 1.65. The molecular weight excluding hydrogens is 611 g/mol. The topological polar surface area (TPSA) is 123 Å². The number of carbonyl (C=O) groups is 4. The Morgan fingerprint density at radius 1 is 0.933 bits per heavy atom. The van der Waals surface area contributed by atoms with Gasteiger partial charge in [-0.3, -0.25) is 9.59 Å².